The van der Waals surface area contributed by atoms with Crippen LogP contribution < -0.4 is 20.3 Å². The van der Waals surface area contributed by atoms with E-state index in [4.69, 9.17) is 27.9 Å². The summed E-state index contributed by atoms with van der Waals surface area (Å²) in [6.45, 7) is 0. The summed E-state index contributed by atoms with van der Waals surface area (Å²) in [5, 5.41) is 15.4. The minimum Gasteiger partial charge on any atom is -0.506 e. The summed E-state index contributed by atoms with van der Waals surface area (Å²) in [5.41, 5.74) is 0.830. The van der Waals surface area contributed by atoms with Crippen molar-refractivity contribution in [3.63, 3.8) is 0 Å². The number of anilines is 3. The Balaban J connectivity index is 1.57. The topological polar surface area (TPSA) is 108 Å². The minimum absolute atomic E-state index is 0.136. The Labute approximate surface area is 204 Å². The summed E-state index contributed by atoms with van der Waals surface area (Å²) >= 11 is 12.1. The van der Waals surface area contributed by atoms with E-state index in [1.165, 1.54) is 31.4 Å². The summed E-state index contributed by atoms with van der Waals surface area (Å²) in [5.74, 6) is -1.71. The van der Waals surface area contributed by atoms with Crippen LogP contribution in [0.2, 0.25) is 5.02 Å². The number of nitrogens with zero attached hydrogens (tertiary/aromatic N) is 1. The molecule has 3 aromatic rings. The molecule has 0 saturated heterocycles. The third-order valence-corrected chi connectivity index (χ3v) is 5.54. The molecule has 0 unspecified atom stereocenters. The van der Waals surface area contributed by atoms with Gasteiger partial charge in [-0.05, 0) is 48.5 Å². The molecule has 1 aliphatic rings. The van der Waals surface area contributed by atoms with Gasteiger partial charge in [0.2, 0.25) is 0 Å². The van der Waals surface area contributed by atoms with Gasteiger partial charge in [0.05, 0.1) is 18.5 Å². The smallest absolute Gasteiger partial charge is 0.283 e. The lowest BCUT2D eigenvalue weighted by Crippen LogP contribution is -2.32. The summed E-state index contributed by atoms with van der Waals surface area (Å²) in [6.07, 6.45) is 0. The maximum Gasteiger partial charge on any atom is 0.283 e. The highest BCUT2D eigenvalue weighted by molar-refractivity contribution is 6.53. The van der Waals surface area contributed by atoms with E-state index >= 15 is 0 Å². The number of hydrogen-bond donors (Lipinski definition) is 3. The Hall–Kier alpha value is -4.01. The first-order valence-electron chi connectivity index (χ1n) is 9.88. The molecule has 0 radical (unpaired) electrons. The predicted octanol–water partition coefficient (Wildman–Crippen LogP) is 4.74. The number of carbonyl (C=O) groups excluding carboxylic acids is 3. The first-order chi connectivity index (χ1) is 16.3. The van der Waals surface area contributed by atoms with E-state index in [1.807, 2.05) is 0 Å². The van der Waals surface area contributed by atoms with Crippen molar-refractivity contribution in [3.8, 4) is 11.5 Å². The number of phenols is 1. The van der Waals surface area contributed by atoms with Crippen LogP contribution >= 0.6 is 23.2 Å². The number of ether oxygens (including phenoxy) is 1. The average Bonchev–Trinajstić information content (AvgIpc) is 3.04. The highest BCUT2D eigenvalue weighted by atomic mass is 35.5. The number of benzene rings is 3. The molecule has 172 valence electrons. The molecular weight excluding hydrogens is 481 g/mol. The first-order valence-corrected chi connectivity index (χ1v) is 10.6. The van der Waals surface area contributed by atoms with Crippen LogP contribution in [0.25, 0.3) is 0 Å². The first kappa shape index (κ1) is 23.2. The van der Waals surface area contributed by atoms with Crippen molar-refractivity contribution in [1.82, 2.24) is 0 Å². The summed E-state index contributed by atoms with van der Waals surface area (Å²) in [7, 11) is 1.43. The predicted molar refractivity (Wildman–Crippen MR) is 130 cm³/mol. The molecule has 10 heteroatoms. The maximum absolute atomic E-state index is 13.1. The van der Waals surface area contributed by atoms with Crippen LogP contribution in [-0.2, 0) is 9.59 Å². The zero-order valence-corrected chi connectivity index (χ0v) is 19.1. The molecule has 3 N–H and O–H groups in total. The van der Waals surface area contributed by atoms with Gasteiger partial charge < -0.3 is 20.5 Å². The SMILES string of the molecule is COc1ccccc1N1C(=O)C(Cl)=C(Nc2cccc(C(=O)Nc3cc(Cl)ccc3O)c2)C1=O. The van der Waals surface area contributed by atoms with Crippen molar-refractivity contribution in [2.75, 3.05) is 22.6 Å². The Morgan fingerprint density at radius 2 is 1.74 bits per heavy atom. The number of imide groups is 1. The summed E-state index contributed by atoms with van der Waals surface area (Å²) < 4.78 is 5.25. The van der Waals surface area contributed by atoms with Gasteiger partial charge in [-0.1, -0.05) is 41.4 Å². The number of hydrogen-bond acceptors (Lipinski definition) is 6. The fraction of sp³-hybridized carbons (Fsp3) is 0.0417. The molecule has 1 heterocycles. The van der Waals surface area contributed by atoms with Gasteiger partial charge in [0.15, 0.2) is 0 Å². The Kier molecular flexibility index (Phi) is 6.45. The van der Waals surface area contributed by atoms with E-state index < -0.39 is 17.7 Å². The third kappa shape index (κ3) is 4.41. The van der Waals surface area contributed by atoms with Crippen LogP contribution in [0.4, 0.5) is 17.1 Å². The number of para-hydroxylation sites is 2. The lowest BCUT2D eigenvalue weighted by Gasteiger charge is -2.18. The van der Waals surface area contributed by atoms with E-state index in [-0.39, 0.29) is 33.4 Å². The maximum atomic E-state index is 13.1. The van der Waals surface area contributed by atoms with Gasteiger partial charge >= 0.3 is 0 Å². The molecule has 4 rings (SSSR count). The monoisotopic (exact) mass is 497 g/mol. The number of amides is 3. The lowest BCUT2D eigenvalue weighted by molar-refractivity contribution is -0.120. The average molecular weight is 498 g/mol. The van der Waals surface area contributed by atoms with Crippen molar-refractivity contribution in [2.45, 2.75) is 0 Å². The van der Waals surface area contributed by atoms with Crippen LogP contribution in [0, 0.1) is 0 Å². The van der Waals surface area contributed by atoms with Gasteiger partial charge in [-0.15, -0.1) is 0 Å². The van der Waals surface area contributed by atoms with E-state index in [1.54, 1.807) is 42.5 Å². The summed E-state index contributed by atoms with van der Waals surface area (Å²) in [4.78, 5) is 39.4. The van der Waals surface area contributed by atoms with Gasteiger partial charge in [-0.2, -0.15) is 0 Å². The number of carbonyl (C=O) groups is 3. The molecule has 0 bridgehead atoms. The fourth-order valence-electron chi connectivity index (χ4n) is 3.33. The zero-order chi connectivity index (χ0) is 24.4. The van der Waals surface area contributed by atoms with E-state index in [9.17, 15) is 19.5 Å². The minimum atomic E-state index is -0.705. The fourth-order valence-corrected chi connectivity index (χ4v) is 3.71. The Bertz CT molecular complexity index is 1360. The normalized spacial score (nSPS) is 13.3. The second-order valence-electron chi connectivity index (χ2n) is 7.13. The van der Waals surface area contributed by atoms with Crippen molar-refractivity contribution in [1.29, 1.82) is 0 Å². The van der Waals surface area contributed by atoms with Crippen molar-refractivity contribution in [2.24, 2.45) is 0 Å². The number of halogens is 2. The molecule has 0 atom stereocenters. The van der Waals surface area contributed by atoms with Crippen LogP contribution in [0.5, 0.6) is 11.5 Å². The molecule has 3 aromatic carbocycles. The number of phenolic OH excluding ortho intramolecular Hbond substituents is 1. The molecule has 0 saturated carbocycles. The quantitative estimate of drug-likeness (QED) is 0.335. The standard InChI is InChI=1S/C24H17Cl2N3O5/c1-34-19-8-3-2-7-17(19)29-23(32)20(26)21(24(29)33)27-15-6-4-5-13(11-15)22(31)28-16-12-14(25)9-10-18(16)30/h2-12,27,30H,1H3,(H,28,31). The van der Waals surface area contributed by atoms with Crippen LogP contribution in [0.3, 0.4) is 0 Å². The van der Waals surface area contributed by atoms with Gasteiger partial charge in [0.1, 0.15) is 22.2 Å². The molecule has 3 amide bonds. The molecule has 0 fully saturated rings. The number of methoxy groups -OCH3 is 1. The Morgan fingerprint density at radius 1 is 0.971 bits per heavy atom. The number of nitrogens with one attached hydrogen (secondary N) is 2. The lowest BCUT2D eigenvalue weighted by atomic mass is 10.1. The largest absolute Gasteiger partial charge is 0.506 e. The van der Waals surface area contributed by atoms with Gasteiger partial charge in [-0.3, -0.25) is 14.4 Å². The molecule has 0 spiro atoms. The van der Waals surface area contributed by atoms with Gasteiger partial charge in [-0.25, -0.2) is 4.90 Å². The number of aromatic hydroxyl groups is 1. The zero-order valence-electron chi connectivity index (χ0n) is 17.6. The van der Waals surface area contributed by atoms with Crippen molar-refractivity contribution < 1.29 is 24.2 Å². The van der Waals surface area contributed by atoms with Crippen LogP contribution in [0.1, 0.15) is 10.4 Å². The van der Waals surface area contributed by atoms with Crippen LogP contribution in [-0.4, -0.2) is 29.9 Å². The molecule has 8 nitrogen and oxygen atoms in total. The van der Waals surface area contributed by atoms with E-state index in [2.05, 4.69) is 10.6 Å². The third-order valence-electron chi connectivity index (χ3n) is 4.95. The highest BCUT2D eigenvalue weighted by Gasteiger charge is 2.40. The van der Waals surface area contributed by atoms with E-state index in [0.717, 1.165) is 4.90 Å². The van der Waals surface area contributed by atoms with Crippen LogP contribution in [0.15, 0.2) is 77.5 Å². The molecule has 0 aliphatic carbocycles. The second kappa shape index (κ2) is 9.46. The van der Waals surface area contributed by atoms with E-state index in [0.29, 0.717) is 16.5 Å². The van der Waals surface area contributed by atoms with Crippen molar-refractivity contribution >= 4 is 58.0 Å². The van der Waals surface area contributed by atoms with Gasteiger partial charge in [0, 0.05) is 16.3 Å². The molecular formula is C24H17Cl2N3O5. The number of rotatable bonds is 6. The molecule has 34 heavy (non-hydrogen) atoms. The Morgan fingerprint density at radius 3 is 2.50 bits per heavy atom. The highest BCUT2D eigenvalue weighted by Crippen LogP contribution is 2.35. The van der Waals surface area contributed by atoms with Gasteiger partial charge in [0.25, 0.3) is 17.7 Å². The summed E-state index contributed by atoms with van der Waals surface area (Å²) in [6, 6.07) is 17.0. The second-order valence-corrected chi connectivity index (χ2v) is 7.94. The van der Waals surface area contributed by atoms with Crippen molar-refractivity contribution in [3.05, 3.63) is 88.0 Å². The molecule has 0 aromatic heterocycles. The molecule has 1 aliphatic heterocycles.